The van der Waals surface area contributed by atoms with Crippen LogP contribution in [0.2, 0.25) is 5.02 Å². The molecule has 1 aliphatic rings. The van der Waals surface area contributed by atoms with Crippen LogP contribution in [-0.4, -0.2) is 0 Å². The van der Waals surface area contributed by atoms with Gasteiger partial charge in [-0.1, -0.05) is 67.4 Å². The largest absolute Gasteiger partial charge is 0.205 e. The summed E-state index contributed by atoms with van der Waals surface area (Å²) in [5.74, 6) is 1.06. The maximum Gasteiger partial charge on any atom is 0.142 e. The van der Waals surface area contributed by atoms with E-state index in [2.05, 4.69) is 43.3 Å². The zero-order valence-corrected chi connectivity index (χ0v) is 15.6. The smallest absolute Gasteiger partial charge is 0.142 e. The average molecular weight is 357 g/mol. The van der Waals surface area contributed by atoms with Gasteiger partial charge in [0.05, 0.1) is 5.02 Å². The molecule has 2 aromatic carbocycles. The van der Waals surface area contributed by atoms with Gasteiger partial charge in [-0.05, 0) is 72.8 Å². The van der Waals surface area contributed by atoms with Crippen molar-refractivity contribution in [1.29, 1.82) is 0 Å². The van der Waals surface area contributed by atoms with E-state index in [0.717, 1.165) is 17.0 Å². The van der Waals surface area contributed by atoms with Crippen LogP contribution in [0.5, 0.6) is 0 Å². The SMILES string of the molecule is CCC/C=C/C1CCC(c2ccc(-c3ccc(Cl)c(F)c3)cc2)CC1. The molecule has 0 amide bonds. The number of allylic oxidation sites excluding steroid dienone is 2. The van der Waals surface area contributed by atoms with Gasteiger partial charge in [0.25, 0.3) is 0 Å². The number of hydrogen-bond acceptors (Lipinski definition) is 0. The summed E-state index contributed by atoms with van der Waals surface area (Å²) in [6.07, 6.45) is 12.3. The monoisotopic (exact) mass is 356 g/mol. The summed E-state index contributed by atoms with van der Waals surface area (Å²) >= 11 is 5.77. The van der Waals surface area contributed by atoms with Gasteiger partial charge in [0.15, 0.2) is 0 Å². The van der Waals surface area contributed by atoms with E-state index in [0.29, 0.717) is 5.92 Å². The maximum atomic E-state index is 13.6. The Labute approximate surface area is 155 Å². The Kier molecular flexibility index (Phi) is 6.31. The molecule has 1 fully saturated rings. The predicted molar refractivity (Wildman–Crippen MR) is 106 cm³/mol. The summed E-state index contributed by atoms with van der Waals surface area (Å²) in [5, 5.41) is 0.171. The summed E-state index contributed by atoms with van der Waals surface area (Å²) in [4.78, 5) is 0. The van der Waals surface area contributed by atoms with Gasteiger partial charge in [-0.15, -0.1) is 0 Å². The topological polar surface area (TPSA) is 0 Å². The van der Waals surface area contributed by atoms with Crippen LogP contribution in [0, 0.1) is 11.7 Å². The lowest BCUT2D eigenvalue weighted by Crippen LogP contribution is -2.11. The lowest BCUT2D eigenvalue weighted by atomic mass is 9.78. The molecule has 0 spiro atoms. The summed E-state index contributed by atoms with van der Waals surface area (Å²) < 4.78 is 13.6. The van der Waals surface area contributed by atoms with E-state index in [1.165, 1.54) is 50.2 Å². The molecule has 3 rings (SSSR count). The van der Waals surface area contributed by atoms with Crippen LogP contribution in [0.4, 0.5) is 4.39 Å². The van der Waals surface area contributed by atoms with E-state index >= 15 is 0 Å². The maximum absolute atomic E-state index is 13.6. The second kappa shape index (κ2) is 8.67. The molecule has 0 radical (unpaired) electrons. The number of halogens is 2. The molecule has 0 saturated heterocycles. The highest BCUT2D eigenvalue weighted by molar-refractivity contribution is 6.30. The lowest BCUT2D eigenvalue weighted by molar-refractivity contribution is 0.375. The van der Waals surface area contributed by atoms with Crippen molar-refractivity contribution in [1.82, 2.24) is 0 Å². The molecule has 1 saturated carbocycles. The molecule has 2 aromatic rings. The molecular weight excluding hydrogens is 331 g/mol. The summed E-state index contributed by atoms with van der Waals surface area (Å²) in [6, 6.07) is 13.6. The predicted octanol–water partition coefficient (Wildman–Crippen LogP) is 7.78. The Hall–Kier alpha value is -1.60. The molecular formula is C23H26ClF. The van der Waals surface area contributed by atoms with Crippen LogP contribution in [0.25, 0.3) is 11.1 Å². The summed E-state index contributed by atoms with van der Waals surface area (Å²) in [6.45, 7) is 2.23. The van der Waals surface area contributed by atoms with Crippen molar-refractivity contribution in [2.75, 3.05) is 0 Å². The first-order valence-corrected chi connectivity index (χ1v) is 9.77. The molecule has 25 heavy (non-hydrogen) atoms. The highest BCUT2D eigenvalue weighted by Gasteiger charge is 2.20. The van der Waals surface area contributed by atoms with E-state index in [-0.39, 0.29) is 10.8 Å². The van der Waals surface area contributed by atoms with E-state index < -0.39 is 0 Å². The minimum Gasteiger partial charge on any atom is -0.205 e. The van der Waals surface area contributed by atoms with E-state index in [9.17, 15) is 4.39 Å². The van der Waals surface area contributed by atoms with Crippen LogP contribution in [0.15, 0.2) is 54.6 Å². The Morgan fingerprint density at radius 3 is 2.32 bits per heavy atom. The van der Waals surface area contributed by atoms with Crippen LogP contribution in [-0.2, 0) is 0 Å². The number of hydrogen-bond donors (Lipinski definition) is 0. The highest BCUT2D eigenvalue weighted by atomic mass is 35.5. The van der Waals surface area contributed by atoms with Gasteiger partial charge >= 0.3 is 0 Å². The lowest BCUT2D eigenvalue weighted by Gasteiger charge is -2.27. The fraction of sp³-hybridized carbons (Fsp3) is 0.391. The molecule has 0 N–H and O–H groups in total. The first-order valence-electron chi connectivity index (χ1n) is 9.39. The second-order valence-corrected chi connectivity index (χ2v) is 7.49. The van der Waals surface area contributed by atoms with Crippen LogP contribution < -0.4 is 0 Å². The molecule has 2 heteroatoms. The third-order valence-corrected chi connectivity index (χ3v) is 5.58. The number of benzene rings is 2. The molecule has 0 heterocycles. The van der Waals surface area contributed by atoms with Crippen LogP contribution in [0.1, 0.15) is 56.9 Å². The molecule has 0 nitrogen and oxygen atoms in total. The van der Waals surface area contributed by atoms with Gasteiger partial charge in [-0.2, -0.15) is 0 Å². The standard InChI is InChI=1S/C23H26ClF/c1-2-3-4-5-17-6-8-18(9-7-17)19-10-12-20(13-11-19)21-14-15-22(24)23(25)16-21/h4-5,10-18H,2-3,6-9H2,1H3/b5-4+. The summed E-state index contributed by atoms with van der Waals surface area (Å²) in [7, 11) is 0. The first kappa shape index (κ1) is 18.2. The fourth-order valence-corrected chi connectivity index (χ4v) is 3.84. The molecule has 0 atom stereocenters. The highest BCUT2D eigenvalue weighted by Crippen LogP contribution is 2.37. The van der Waals surface area contributed by atoms with Crippen molar-refractivity contribution in [2.45, 2.75) is 51.4 Å². The van der Waals surface area contributed by atoms with Gasteiger partial charge in [-0.25, -0.2) is 4.39 Å². The van der Waals surface area contributed by atoms with Crippen LogP contribution in [0.3, 0.4) is 0 Å². The molecule has 0 unspecified atom stereocenters. The minimum atomic E-state index is -0.363. The summed E-state index contributed by atoms with van der Waals surface area (Å²) in [5.41, 5.74) is 3.32. The van der Waals surface area contributed by atoms with Crippen molar-refractivity contribution in [3.8, 4) is 11.1 Å². The molecule has 132 valence electrons. The zero-order chi connectivity index (χ0) is 17.6. The minimum absolute atomic E-state index is 0.171. The first-order chi connectivity index (χ1) is 12.2. The molecule has 0 aliphatic heterocycles. The Morgan fingerprint density at radius 2 is 1.68 bits per heavy atom. The van der Waals surface area contributed by atoms with E-state index in [1.807, 2.05) is 6.07 Å². The van der Waals surface area contributed by atoms with E-state index in [4.69, 9.17) is 11.6 Å². The number of unbranched alkanes of at least 4 members (excludes halogenated alkanes) is 1. The van der Waals surface area contributed by atoms with Gasteiger partial charge in [0.1, 0.15) is 5.82 Å². The van der Waals surface area contributed by atoms with Crippen molar-refractivity contribution < 1.29 is 4.39 Å². The zero-order valence-electron chi connectivity index (χ0n) is 14.8. The third-order valence-electron chi connectivity index (χ3n) is 5.27. The third kappa shape index (κ3) is 4.73. The normalized spacial score (nSPS) is 20.9. The van der Waals surface area contributed by atoms with Gasteiger partial charge in [0, 0.05) is 0 Å². The Morgan fingerprint density at radius 1 is 1.00 bits per heavy atom. The van der Waals surface area contributed by atoms with Crippen molar-refractivity contribution in [3.05, 3.63) is 71.0 Å². The quantitative estimate of drug-likeness (QED) is 0.480. The Bertz CT molecular complexity index is 709. The van der Waals surface area contributed by atoms with E-state index in [1.54, 1.807) is 6.07 Å². The average Bonchev–Trinajstić information content (AvgIpc) is 2.65. The molecule has 0 bridgehead atoms. The van der Waals surface area contributed by atoms with Gasteiger partial charge < -0.3 is 0 Å². The van der Waals surface area contributed by atoms with Crippen molar-refractivity contribution in [3.63, 3.8) is 0 Å². The fourth-order valence-electron chi connectivity index (χ4n) is 3.72. The van der Waals surface area contributed by atoms with Gasteiger partial charge in [-0.3, -0.25) is 0 Å². The Balaban J connectivity index is 1.62. The second-order valence-electron chi connectivity index (χ2n) is 7.08. The number of rotatable bonds is 5. The van der Waals surface area contributed by atoms with Crippen LogP contribution >= 0.6 is 11.6 Å². The molecule has 1 aliphatic carbocycles. The van der Waals surface area contributed by atoms with Crippen molar-refractivity contribution in [2.24, 2.45) is 5.92 Å². The van der Waals surface area contributed by atoms with Gasteiger partial charge in [0.2, 0.25) is 0 Å². The van der Waals surface area contributed by atoms with Crippen molar-refractivity contribution >= 4 is 11.6 Å². The molecule has 0 aromatic heterocycles.